The molecule has 0 amide bonds. The van der Waals surface area contributed by atoms with Crippen LogP contribution in [0.4, 0.5) is 0 Å². The summed E-state index contributed by atoms with van der Waals surface area (Å²) in [6.07, 6.45) is 4.11. The van der Waals surface area contributed by atoms with Crippen LogP contribution in [-0.4, -0.2) is 38.0 Å². The Bertz CT molecular complexity index is 165. The van der Waals surface area contributed by atoms with E-state index in [0.717, 1.165) is 25.9 Å². The third-order valence-electron chi connectivity index (χ3n) is 3.03. The van der Waals surface area contributed by atoms with Crippen LogP contribution < -0.4 is 5.32 Å². The zero-order chi connectivity index (χ0) is 11.3. The van der Waals surface area contributed by atoms with E-state index in [0.29, 0.717) is 24.3 Å². The fourth-order valence-corrected chi connectivity index (χ4v) is 2.36. The monoisotopic (exact) mass is 215 g/mol. The summed E-state index contributed by atoms with van der Waals surface area (Å²) in [7, 11) is 1.76. The first-order chi connectivity index (χ1) is 7.15. The molecular weight excluding hydrogens is 190 g/mol. The van der Waals surface area contributed by atoms with Gasteiger partial charge in [-0.05, 0) is 33.1 Å². The summed E-state index contributed by atoms with van der Waals surface area (Å²) in [5.41, 5.74) is 0. The van der Waals surface area contributed by atoms with Gasteiger partial charge in [-0.2, -0.15) is 0 Å². The lowest BCUT2D eigenvalue weighted by Gasteiger charge is -2.34. The summed E-state index contributed by atoms with van der Waals surface area (Å²) < 4.78 is 10.9. The van der Waals surface area contributed by atoms with Gasteiger partial charge in [0.25, 0.3) is 0 Å². The van der Waals surface area contributed by atoms with Gasteiger partial charge in [-0.3, -0.25) is 0 Å². The van der Waals surface area contributed by atoms with Gasteiger partial charge in [0.15, 0.2) is 0 Å². The van der Waals surface area contributed by atoms with Crippen molar-refractivity contribution in [3.63, 3.8) is 0 Å². The summed E-state index contributed by atoms with van der Waals surface area (Å²) in [6.45, 7) is 7.31. The number of methoxy groups -OCH3 is 1. The van der Waals surface area contributed by atoms with Crippen LogP contribution in [0.2, 0.25) is 0 Å². The van der Waals surface area contributed by atoms with Crippen LogP contribution in [0.3, 0.4) is 0 Å². The predicted octanol–water partition coefficient (Wildman–Crippen LogP) is 1.96. The van der Waals surface area contributed by atoms with Gasteiger partial charge >= 0.3 is 0 Å². The summed E-state index contributed by atoms with van der Waals surface area (Å²) in [5.74, 6) is 0. The predicted molar refractivity (Wildman–Crippen MR) is 62.1 cm³/mol. The smallest absolute Gasteiger partial charge is 0.0615 e. The van der Waals surface area contributed by atoms with Crippen LogP contribution in [-0.2, 0) is 9.47 Å². The molecule has 0 bridgehead atoms. The van der Waals surface area contributed by atoms with Crippen molar-refractivity contribution < 1.29 is 9.47 Å². The van der Waals surface area contributed by atoms with E-state index in [1.54, 1.807) is 7.11 Å². The molecule has 1 saturated heterocycles. The molecule has 0 saturated carbocycles. The van der Waals surface area contributed by atoms with E-state index in [2.05, 4.69) is 26.1 Å². The quantitative estimate of drug-likeness (QED) is 0.760. The molecule has 0 radical (unpaired) electrons. The molecule has 1 aliphatic rings. The van der Waals surface area contributed by atoms with Crippen molar-refractivity contribution in [2.45, 2.75) is 64.3 Å². The van der Waals surface area contributed by atoms with E-state index in [1.165, 1.54) is 0 Å². The van der Waals surface area contributed by atoms with Crippen LogP contribution in [0.1, 0.15) is 40.0 Å². The lowest BCUT2D eigenvalue weighted by atomic mass is 9.98. The number of rotatable bonds is 5. The van der Waals surface area contributed by atoms with Crippen molar-refractivity contribution in [3.05, 3.63) is 0 Å². The molecule has 0 aliphatic carbocycles. The van der Waals surface area contributed by atoms with Gasteiger partial charge in [-0.25, -0.2) is 0 Å². The number of nitrogens with one attached hydrogen (secondary N) is 1. The molecule has 0 aromatic rings. The van der Waals surface area contributed by atoms with E-state index >= 15 is 0 Å². The highest BCUT2D eigenvalue weighted by atomic mass is 16.5. The Hall–Kier alpha value is -0.120. The highest BCUT2D eigenvalue weighted by Gasteiger charge is 2.25. The minimum Gasteiger partial charge on any atom is -0.383 e. The first kappa shape index (κ1) is 12.9. The second-order valence-corrected chi connectivity index (χ2v) is 4.65. The van der Waals surface area contributed by atoms with E-state index in [-0.39, 0.29) is 0 Å². The Balaban J connectivity index is 2.35. The van der Waals surface area contributed by atoms with E-state index in [9.17, 15) is 0 Å². The molecule has 1 heterocycles. The zero-order valence-corrected chi connectivity index (χ0v) is 10.5. The van der Waals surface area contributed by atoms with Gasteiger partial charge < -0.3 is 14.8 Å². The van der Waals surface area contributed by atoms with Gasteiger partial charge in [0.1, 0.15) is 0 Å². The van der Waals surface area contributed by atoms with Crippen LogP contribution >= 0.6 is 0 Å². The fourth-order valence-electron chi connectivity index (χ4n) is 2.36. The molecule has 90 valence electrons. The van der Waals surface area contributed by atoms with Gasteiger partial charge in [-0.1, -0.05) is 6.92 Å². The molecule has 1 fully saturated rings. The summed E-state index contributed by atoms with van der Waals surface area (Å²) in [4.78, 5) is 0. The Labute approximate surface area is 93.5 Å². The molecule has 1 N–H and O–H groups in total. The molecule has 1 aliphatic heterocycles. The van der Waals surface area contributed by atoms with E-state index < -0.39 is 0 Å². The molecule has 1 unspecified atom stereocenters. The average Bonchev–Trinajstić information content (AvgIpc) is 2.15. The second kappa shape index (κ2) is 6.46. The summed E-state index contributed by atoms with van der Waals surface area (Å²) in [6, 6.07) is 1.07. The van der Waals surface area contributed by atoms with Crippen molar-refractivity contribution in [1.29, 1.82) is 0 Å². The van der Waals surface area contributed by atoms with Crippen molar-refractivity contribution in [2.24, 2.45) is 0 Å². The highest BCUT2D eigenvalue weighted by molar-refractivity contribution is 4.81. The number of ether oxygens (including phenoxy) is 2. The lowest BCUT2D eigenvalue weighted by molar-refractivity contribution is -0.0448. The largest absolute Gasteiger partial charge is 0.383 e. The van der Waals surface area contributed by atoms with Crippen molar-refractivity contribution in [3.8, 4) is 0 Å². The summed E-state index contributed by atoms with van der Waals surface area (Å²) >= 11 is 0. The molecule has 3 heteroatoms. The van der Waals surface area contributed by atoms with E-state index in [4.69, 9.17) is 9.47 Å². The SMILES string of the molecule is CC[C@H](COC)NC1C[C@@H](C)O[C@@H](C)C1. The molecule has 1 rings (SSSR count). The molecule has 0 aromatic carbocycles. The van der Waals surface area contributed by atoms with Gasteiger partial charge in [0, 0.05) is 19.2 Å². The van der Waals surface area contributed by atoms with E-state index in [1.807, 2.05) is 0 Å². The Morgan fingerprint density at radius 1 is 1.33 bits per heavy atom. The van der Waals surface area contributed by atoms with Crippen LogP contribution in [0, 0.1) is 0 Å². The molecule has 3 nitrogen and oxygen atoms in total. The van der Waals surface area contributed by atoms with Crippen molar-refractivity contribution >= 4 is 0 Å². The molecule has 4 atom stereocenters. The Morgan fingerprint density at radius 3 is 2.40 bits per heavy atom. The summed E-state index contributed by atoms with van der Waals surface area (Å²) in [5, 5.41) is 3.66. The molecule has 0 aromatic heterocycles. The number of hydrogen-bond acceptors (Lipinski definition) is 3. The highest BCUT2D eigenvalue weighted by Crippen LogP contribution is 2.19. The van der Waals surface area contributed by atoms with Crippen molar-refractivity contribution in [2.75, 3.05) is 13.7 Å². The van der Waals surface area contributed by atoms with Crippen LogP contribution in [0.5, 0.6) is 0 Å². The third kappa shape index (κ3) is 4.49. The Kier molecular flexibility index (Phi) is 5.58. The average molecular weight is 215 g/mol. The fraction of sp³-hybridized carbons (Fsp3) is 1.00. The Morgan fingerprint density at radius 2 is 1.93 bits per heavy atom. The lowest BCUT2D eigenvalue weighted by Crippen LogP contribution is -2.47. The first-order valence-corrected chi connectivity index (χ1v) is 6.06. The topological polar surface area (TPSA) is 30.5 Å². The molecular formula is C12H25NO2. The number of hydrogen-bond donors (Lipinski definition) is 1. The molecule has 0 spiro atoms. The molecule has 15 heavy (non-hydrogen) atoms. The first-order valence-electron chi connectivity index (χ1n) is 6.06. The normalized spacial score (nSPS) is 34.0. The van der Waals surface area contributed by atoms with Crippen LogP contribution in [0.25, 0.3) is 0 Å². The van der Waals surface area contributed by atoms with Gasteiger partial charge in [0.2, 0.25) is 0 Å². The van der Waals surface area contributed by atoms with Gasteiger partial charge in [-0.15, -0.1) is 0 Å². The maximum atomic E-state index is 5.72. The zero-order valence-electron chi connectivity index (χ0n) is 10.5. The second-order valence-electron chi connectivity index (χ2n) is 4.65. The van der Waals surface area contributed by atoms with Gasteiger partial charge in [0.05, 0.1) is 18.8 Å². The van der Waals surface area contributed by atoms with Crippen LogP contribution in [0.15, 0.2) is 0 Å². The third-order valence-corrected chi connectivity index (χ3v) is 3.03. The minimum atomic E-state index is 0.381. The van der Waals surface area contributed by atoms with Crippen molar-refractivity contribution in [1.82, 2.24) is 5.32 Å². The minimum absolute atomic E-state index is 0.381. The maximum absolute atomic E-state index is 5.72. The standard InChI is InChI=1S/C12H25NO2/c1-5-11(8-14-4)13-12-6-9(2)15-10(3)7-12/h9-13H,5-8H2,1-4H3/t9-,10+,11-,12?/m1/s1. The maximum Gasteiger partial charge on any atom is 0.0615 e.